The minimum atomic E-state index is -3.57. The van der Waals surface area contributed by atoms with Crippen LogP contribution in [0.4, 0.5) is 0 Å². The molecule has 5 nitrogen and oxygen atoms in total. The molecule has 2 fully saturated rings. The third kappa shape index (κ3) is 4.31. The van der Waals surface area contributed by atoms with Crippen LogP contribution >= 0.6 is 0 Å². The number of benzene rings is 3. The van der Waals surface area contributed by atoms with E-state index >= 15 is 0 Å². The summed E-state index contributed by atoms with van der Waals surface area (Å²) in [6, 6.07) is 26.1. The van der Waals surface area contributed by atoms with E-state index in [1.807, 2.05) is 31.2 Å². The Labute approximate surface area is 202 Å². The Morgan fingerprint density at radius 3 is 2.29 bits per heavy atom. The van der Waals surface area contributed by atoms with Gasteiger partial charge in [0.25, 0.3) is 0 Å². The van der Waals surface area contributed by atoms with Gasteiger partial charge in [-0.05, 0) is 60.7 Å². The predicted octanol–water partition coefficient (Wildman–Crippen LogP) is 4.28. The second kappa shape index (κ2) is 9.62. The van der Waals surface area contributed by atoms with E-state index in [4.69, 9.17) is 0 Å². The standard InChI is InChI=1S/C28H32N2O3S/c1-21-8-7-11-25(18-21)34(32,33)29-16-5-6-17-30-26(19-29)28(27(30)20-31)24-14-12-23(13-15-24)22-9-3-2-4-10-22/h2-4,7-15,18,26-28,31H,5-6,16-17,19-20H2,1H3/t26-,27+,28+/m0/s1. The average molecular weight is 477 g/mol. The van der Waals surface area contributed by atoms with Gasteiger partial charge in [-0.1, -0.05) is 66.7 Å². The van der Waals surface area contributed by atoms with Gasteiger partial charge in [0.15, 0.2) is 0 Å². The maximum atomic E-state index is 13.5. The van der Waals surface area contributed by atoms with Crippen LogP contribution in [0.25, 0.3) is 11.1 Å². The largest absolute Gasteiger partial charge is 0.395 e. The number of hydrogen-bond acceptors (Lipinski definition) is 4. The van der Waals surface area contributed by atoms with Crippen molar-refractivity contribution in [3.63, 3.8) is 0 Å². The second-order valence-corrected chi connectivity index (χ2v) is 11.4. The molecule has 0 unspecified atom stereocenters. The van der Waals surface area contributed by atoms with E-state index in [9.17, 15) is 13.5 Å². The molecule has 2 saturated heterocycles. The average Bonchev–Trinajstić information content (AvgIpc) is 2.84. The second-order valence-electron chi connectivity index (χ2n) is 9.46. The molecule has 0 aromatic heterocycles. The molecule has 0 spiro atoms. The van der Waals surface area contributed by atoms with Crippen molar-refractivity contribution < 1.29 is 13.5 Å². The lowest BCUT2D eigenvalue weighted by molar-refractivity contribution is -0.0553. The van der Waals surface area contributed by atoms with Gasteiger partial charge in [-0.3, -0.25) is 4.90 Å². The number of nitrogens with zero attached hydrogens (tertiary/aromatic N) is 2. The molecule has 0 amide bonds. The zero-order chi connectivity index (χ0) is 23.7. The van der Waals surface area contributed by atoms with Crippen molar-refractivity contribution in [2.24, 2.45) is 0 Å². The van der Waals surface area contributed by atoms with Crippen molar-refractivity contribution >= 4 is 10.0 Å². The Morgan fingerprint density at radius 1 is 0.882 bits per heavy atom. The van der Waals surface area contributed by atoms with Gasteiger partial charge in [0.2, 0.25) is 10.0 Å². The first-order valence-corrected chi connectivity index (χ1v) is 13.5. The van der Waals surface area contributed by atoms with Gasteiger partial charge in [0.05, 0.1) is 11.5 Å². The summed E-state index contributed by atoms with van der Waals surface area (Å²) in [6.07, 6.45) is 1.75. The maximum absolute atomic E-state index is 13.5. The SMILES string of the molecule is Cc1cccc(S(=O)(=O)N2CCCCN3[C@H](CO)[C@H](c4ccc(-c5ccccc5)cc4)[C@@H]3C2)c1. The number of sulfonamides is 1. The molecule has 3 aromatic rings. The van der Waals surface area contributed by atoms with E-state index in [0.29, 0.717) is 18.0 Å². The number of aliphatic hydroxyl groups excluding tert-OH is 1. The summed E-state index contributed by atoms with van der Waals surface area (Å²) in [6.45, 7) is 3.86. The molecule has 2 aliphatic rings. The zero-order valence-electron chi connectivity index (χ0n) is 19.5. The van der Waals surface area contributed by atoms with Crippen LogP contribution in [0, 0.1) is 6.92 Å². The minimum Gasteiger partial charge on any atom is -0.395 e. The summed E-state index contributed by atoms with van der Waals surface area (Å²) in [5.74, 6) is 0.100. The number of fused-ring (bicyclic) bond motifs is 1. The summed E-state index contributed by atoms with van der Waals surface area (Å²) in [4.78, 5) is 2.68. The Kier molecular flexibility index (Phi) is 6.58. The van der Waals surface area contributed by atoms with Gasteiger partial charge in [0, 0.05) is 31.1 Å². The van der Waals surface area contributed by atoms with Crippen molar-refractivity contribution in [3.05, 3.63) is 90.0 Å². The predicted molar refractivity (Wildman–Crippen MR) is 135 cm³/mol. The molecule has 5 rings (SSSR count). The maximum Gasteiger partial charge on any atom is 0.243 e. The third-order valence-corrected chi connectivity index (χ3v) is 9.22. The Balaban J connectivity index is 1.43. The van der Waals surface area contributed by atoms with Crippen LogP contribution in [0.3, 0.4) is 0 Å². The van der Waals surface area contributed by atoms with Gasteiger partial charge < -0.3 is 5.11 Å². The van der Waals surface area contributed by atoms with Crippen LogP contribution in [0.1, 0.15) is 29.9 Å². The van der Waals surface area contributed by atoms with E-state index in [1.54, 1.807) is 22.5 Å². The fourth-order valence-corrected chi connectivity index (χ4v) is 7.18. The molecule has 0 saturated carbocycles. The molecule has 0 bridgehead atoms. The number of hydrogen-bond donors (Lipinski definition) is 1. The lowest BCUT2D eigenvalue weighted by Gasteiger charge is -2.57. The fraction of sp³-hybridized carbons (Fsp3) is 0.357. The van der Waals surface area contributed by atoms with E-state index in [1.165, 1.54) is 5.56 Å². The number of rotatable bonds is 5. The molecule has 0 radical (unpaired) electrons. The highest BCUT2D eigenvalue weighted by Crippen LogP contribution is 2.43. The Bertz CT molecular complexity index is 1230. The van der Waals surface area contributed by atoms with Gasteiger partial charge in [0.1, 0.15) is 0 Å². The normalized spacial score (nSPS) is 24.0. The Morgan fingerprint density at radius 2 is 1.59 bits per heavy atom. The van der Waals surface area contributed by atoms with Crippen molar-refractivity contribution in [3.8, 4) is 11.1 Å². The highest BCUT2D eigenvalue weighted by atomic mass is 32.2. The molecule has 2 heterocycles. The Hall–Kier alpha value is -2.51. The first-order chi connectivity index (χ1) is 16.5. The van der Waals surface area contributed by atoms with E-state index in [-0.39, 0.29) is 24.6 Å². The molecule has 2 aliphatic heterocycles. The van der Waals surface area contributed by atoms with E-state index in [2.05, 4.69) is 41.3 Å². The first-order valence-electron chi connectivity index (χ1n) is 12.1. The minimum absolute atomic E-state index is 0.0224. The van der Waals surface area contributed by atoms with Crippen molar-refractivity contribution in [1.82, 2.24) is 9.21 Å². The summed E-state index contributed by atoms with van der Waals surface area (Å²) in [5.41, 5.74) is 4.43. The van der Waals surface area contributed by atoms with Crippen LogP contribution < -0.4 is 0 Å². The number of aryl methyl sites for hydroxylation is 1. The first kappa shape index (κ1) is 23.2. The van der Waals surface area contributed by atoms with Gasteiger partial charge in [-0.2, -0.15) is 4.31 Å². The molecule has 1 N–H and O–H groups in total. The summed E-state index contributed by atoms with van der Waals surface area (Å²) >= 11 is 0. The summed E-state index contributed by atoms with van der Waals surface area (Å²) in [5, 5.41) is 10.2. The van der Waals surface area contributed by atoms with Crippen molar-refractivity contribution in [2.45, 2.75) is 42.7 Å². The molecule has 0 aliphatic carbocycles. The zero-order valence-corrected chi connectivity index (χ0v) is 20.4. The fourth-order valence-electron chi connectivity index (χ4n) is 5.58. The lowest BCUT2D eigenvalue weighted by Crippen LogP contribution is -2.67. The summed E-state index contributed by atoms with van der Waals surface area (Å²) in [7, 11) is -3.57. The molecule has 34 heavy (non-hydrogen) atoms. The molecular formula is C28H32N2O3S. The van der Waals surface area contributed by atoms with Gasteiger partial charge in [-0.15, -0.1) is 0 Å². The van der Waals surface area contributed by atoms with Crippen molar-refractivity contribution in [1.29, 1.82) is 0 Å². The monoisotopic (exact) mass is 476 g/mol. The topological polar surface area (TPSA) is 60.9 Å². The van der Waals surface area contributed by atoms with Crippen molar-refractivity contribution in [2.75, 3.05) is 26.2 Å². The van der Waals surface area contributed by atoms with Gasteiger partial charge in [-0.25, -0.2) is 8.42 Å². The smallest absolute Gasteiger partial charge is 0.243 e. The molecule has 178 valence electrons. The third-order valence-electron chi connectivity index (χ3n) is 7.36. The van der Waals surface area contributed by atoms with Crippen LogP contribution in [0.15, 0.2) is 83.8 Å². The lowest BCUT2D eigenvalue weighted by atomic mass is 9.74. The highest BCUT2D eigenvalue weighted by Gasteiger charge is 2.50. The van der Waals surface area contributed by atoms with Crippen LogP contribution in [-0.2, 0) is 10.0 Å². The van der Waals surface area contributed by atoms with Crippen LogP contribution in [-0.4, -0.2) is 61.1 Å². The van der Waals surface area contributed by atoms with Gasteiger partial charge >= 0.3 is 0 Å². The number of aliphatic hydroxyl groups is 1. The van der Waals surface area contributed by atoms with Crippen LogP contribution in [0.2, 0.25) is 0 Å². The molecule has 3 atom stereocenters. The molecule has 6 heteroatoms. The van der Waals surface area contributed by atoms with E-state index in [0.717, 1.165) is 36.1 Å². The molecule has 3 aromatic carbocycles. The molecular weight excluding hydrogens is 444 g/mol. The highest BCUT2D eigenvalue weighted by molar-refractivity contribution is 7.89. The summed E-state index contributed by atoms with van der Waals surface area (Å²) < 4.78 is 28.7. The van der Waals surface area contributed by atoms with E-state index < -0.39 is 10.0 Å². The quantitative estimate of drug-likeness (QED) is 0.597. The van der Waals surface area contributed by atoms with Crippen LogP contribution in [0.5, 0.6) is 0 Å².